The number of fused-ring (bicyclic) bond motifs is 6. The molecule has 0 aromatic heterocycles. The monoisotopic (exact) mass is 1770 g/mol. The molecule has 0 spiro atoms. The summed E-state index contributed by atoms with van der Waals surface area (Å²) in [7, 11) is 15.2. The zero-order chi connectivity index (χ0) is 89.7. The molecule has 6 aliphatic rings. The van der Waals surface area contributed by atoms with E-state index in [9.17, 15) is 42.7 Å². The number of anilines is 11. The van der Waals surface area contributed by atoms with E-state index in [4.69, 9.17) is 84.2 Å². The second-order valence-corrected chi connectivity index (χ2v) is 34.1. The lowest BCUT2D eigenvalue weighted by Crippen LogP contribution is -2.43. The molecule has 0 aliphatic carbocycles. The minimum absolute atomic E-state index is 0.00679. The first-order valence-electron chi connectivity index (χ1n) is 40.1. The highest BCUT2D eigenvalue weighted by Crippen LogP contribution is 2.41. The van der Waals surface area contributed by atoms with E-state index in [2.05, 4.69) is 63.8 Å². The van der Waals surface area contributed by atoms with Crippen LogP contribution in [0.2, 0.25) is 5.02 Å². The number of rotatable bonds is 10. The Morgan fingerprint density at radius 2 is 0.672 bits per heavy atom. The minimum Gasteiger partial charge on any atom is -0.506 e. The zero-order valence-electron chi connectivity index (χ0n) is 72.3. The molecular formula is C89H113ClF2N14O12S4. The maximum absolute atomic E-state index is 13.5. The molecule has 0 saturated heterocycles. The fraction of sp³-hybridized carbons (Fsp3) is 0.416. The molecule has 122 heavy (non-hydrogen) atoms. The second kappa shape index (κ2) is 44.2. The van der Waals surface area contributed by atoms with Crippen molar-refractivity contribution in [2.45, 2.75) is 145 Å². The number of hydrogen-bond donors (Lipinski definition) is 13. The van der Waals surface area contributed by atoms with Crippen molar-refractivity contribution in [3.05, 3.63) is 147 Å². The van der Waals surface area contributed by atoms with Gasteiger partial charge in [-0.15, -0.1) is 0 Å². The Kier molecular flexibility index (Phi) is 35.0. The van der Waals surface area contributed by atoms with Crippen LogP contribution >= 0.6 is 60.5 Å². The van der Waals surface area contributed by atoms with E-state index in [1.54, 1.807) is 69.7 Å². The molecule has 0 saturated carbocycles. The Morgan fingerprint density at radius 3 is 1.00 bits per heavy atom. The van der Waals surface area contributed by atoms with E-state index in [0.29, 0.717) is 83.3 Å². The van der Waals surface area contributed by atoms with Crippen LogP contribution in [-0.4, -0.2) is 140 Å². The summed E-state index contributed by atoms with van der Waals surface area (Å²) in [6.45, 7) is 17.7. The predicted octanol–water partition coefficient (Wildman–Crippen LogP) is 17.3. The van der Waals surface area contributed by atoms with Crippen molar-refractivity contribution in [3.63, 3.8) is 0 Å². The van der Waals surface area contributed by atoms with E-state index >= 15 is 0 Å². The predicted molar refractivity (Wildman–Crippen MR) is 500 cm³/mol. The molecule has 33 heteroatoms. The van der Waals surface area contributed by atoms with Crippen molar-refractivity contribution in [3.8, 4) is 34.5 Å². The van der Waals surface area contributed by atoms with Gasteiger partial charge >= 0.3 is 0 Å². The molecule has 7 aromatic carbocycles. The number of carbonyl (C=O) groups is 6. The Bertz CT molecular complexity index is 4950. The summed E-state index contributed by atoms with van der Waals surface area (Å²) in [6, 6.07) is 27.4. The van der Waals surface area contributed by atoms with Gasteiger partial charge in [0, 0.05) is 145 Å². The number of hydrogen-bond acceptors (Lipinski definition) is 16. The molecule has 6 heterocycles. The summed E-state index contributed by atoms with van der Waals surface area (Å²) in [5, 5.41) is 48.8. The number of ether oxygens (including phenoxy) is 5. The number of carbonyl (C=O) groups excluding carboxylic acids is 6. The van der Waals surface area contributed by atoms with Crippen LogP contribution in [0.1, 0.15) is 134 Å². The summed E-state index contributed by atoms with van der Waals surface area (Å²) in [6.07, 6.45) is 9.66. The van der Waals surface area contributed by atoms with Crippen LogP contribution in [0.15, 0.2) is 97.1 Å². The molecule has 0 bridgehead atoms. The molecule has 7 aromatic rings. The first kappa shape index (κ1) is 96.5. The summed E-state index contributed by atoms with van der Waals surface area (Å²) in [5.41, 5.74) is 14.1. The van der Waals surface area contributed by atoms with E-state index in [-0.39, 0.29) is 99.6 Å². The van der Waals surface area contributed by atoms with Gasteiger partial charge in [-0.2, -0.15) is 0 Å². The van der Waals surface area contributed by atoms with Gasteiger partial charge in [-0.05, 0) is 241 Å². The Labute approximate surface area is 739 Å². The SMILES string of the molecule is CC1CCc2cc(NC(=S)N(C)C)c(O)cc2NC1=O.COc1cc2c(cc1Cl)CCC(C)C(=O)N2.COc1cc2c(cc1F)CCC(C)C(=O)N2.COc1cc2c(cc1NC(=S)N(C)C)CCC(C)C(=O)N2.COc1cc2c(cc1NC(=S)NC(C)(C)C)CCC(C)C(=O)N2.COc1cc2c(cc1NC(=S)Nc1ccc(F)cc1)CCC(C)C(=O)N2. The third-order valence-electron chi connectivity index (χ3n) is 20.9. The molecule has 0 fully saturated rings. The van der Waals surface area contributed by atoms with Crippen molar-refractivity contribution >= 4 is 179 Å². The molecule has 6 amide bonds. The van der Waals surface area contributed by atoms with Gasteiger partial charge in [0.1, 0.15) is 34.6 Å². The number of aromatic hydroxyl groups is 1. The summed E-state index contributed by atoms with van der Waals surface area (Å²) < 4.78 is 52.8. The lowest BCUT2D eigenvalue weighted by Gasteiger charge is -2.24. The highest BCUT2D eigenvalue weighted by Gasteiger charge is 2.29. The lowest BCUT2D eigenvalue weighted by atomic mass is 10.0. The topological polar surface area (TPSA) is 320 Å². The van der Waals surface area contributed by atoms with E-state index in [1.165, 1.54) is 25.3 Å². The van der Waals surface area contributed by atoms with Gasteiger partial charge in [-0.3, -0.25) is 28.8 Å². The maximum atomic E-state index is 13.5. The van der Waals surface area contributed by atoms with Gasteiger partial charge in [-0.25, -0.2) is 8.78 Å². The third kappa shape index (κ3) is 27.3. The van der Waals surface area contributed by atoms with Gasteiger partial charge in [0.05, 0.1) is 63.3 Å². The number of benzene rings is 7. The van der Waals surface area contributed by atoms with Crippen LogP contribution in [0, 0.1) is 47.1 Å². The van der Waals surface area contributed by atoms with Gasteiger partial charge in [-0.1, -0.05) is 53.1 Å². The Balaban J connectivity index is 0.000000183. The Hall–Kier alpha value is -10.9. The molecule has 656 valence electrons. The molecule has 6 atom stereocenters. The van der Waals surface area contributed by atoms with E-state index < -0.39 is 0 Å². The number of thiocarbonyl (C=S) groups is 4. The maximum Gasteiger partial charge on any atom is 0.227 e. The quantitative estimate of drug-likeness (QED) is 0.0447. The smallest absolute Gasteiger partial charge is 0.227 e. The van der Waals surface area contributed by atoms with E-state index in [1.807, 2.05) is 138 Å². The average molecular weight is 1770 g/mol. The first-order valence-corrected chi connectivity index (χ1v) is 42.2. The molecule has 26 nitrogen and oxygen atoms in total. The van der Waals surface area contributed by atoms with Crippen LogP contribution in [0.3, 0.4) is 0 Å². The molecule has 13 rings (SSSR count). The Morgan fingerprint density at radius 1 is 0.393 bits per heavy atom. The molecule has 0 radical (unpaired) electrons. The number of nitrogens with one attached hydrogen (secondary N) is 12. The third-order valence-corrected chi connectivity index (χ3v) is 22.6. The number of phenolic OH excluding ortho intramolecular Hbond substituents is 1. The lowest BCUT2D eigenvalue weighted by molar-refractivity contribution is -0.120. The number of methoxy groups -OCH3 is 5. The van der Waals surface area contributed by atoms with Crippen molar-refractivity contribution in [2.75, 3.05) is 122 Å². The number of nitrogens with zero attached hydrogens (tertiary/aromatic N) is 2. The number of amides is 6. The van der Waals surface area contributed by atoms with Crippen molar-refractivity contribution in [1.82, 2.24) is 15.1 Å². The van der Waals surface area contributed by atoms with Crippen LogP contribution in [0.4, 0.5) is 71.3 Å². The number of phenols is 1. The van der Waals surface area contributed by atoms with Crippen molar-refractivity contribution in [2.24, 2.45) is 35.5 Å². The normalized spacial score (nSPS) is 17.8. The fourth-order valence-corrected chi connectivity index (χ4v) is 14.3. The fourth-order valence-electron chi connectivity index (χ4n) is 13.2. The largest absolute Gasteiger partial charge is 0.506 e. The van der Waals surface area contributed by atoms with Crippen molar-refractivity contribution < 1.29 is 66.3 Å². The molecular weight excluding hydrogens is 1660 g/mol. The van der Waals surface area contributed by atoms with Gasteiger partial charge in [0.2, 0.25) is 35.4 Å². The summed E-state index contributed by atoms with van der Waals surface area (Å²) in [4.78, 5) is 74.6. The highest BCUT2D eigenvalue weighted by atomic mass is 35.5. The number of halogens is 3. The molecule has 6 aliphatic heterocycles. The van der Waals surface area contributed by atoms with Gasteiger partial charge < -0.3 is 102 Å². The van der Waals surface area contributed by atoms with E-state index in [0.717, 1.165) is 138 Å². The van der Waals surface area contributed by atoms with Crippen LogP contribution in [0.25, 0.3) is 0 Å². The summed E-state index contributed by atoms with van der Waals surface area (Å²) in [5.74, 6) is 2.13. The second-order valence-electron chi connectivity index (χ2n) is 32.1. The average Bonchev–Trinajstić information content (AvgIpc) is 1.39. The van der Waals surface area contributed by atoms with Gasteiger partial charge in [0.25, 0.3) is 0 Å². The van der Waals surface area contributed by atoms with Crippen LogP contribution in [0.5, 0.6) is 34.5 Å². The highest BCUT2D eigenvalue weighted by molar-refractivity contribution is 7.81. The molecule has 13 N–H and O–H groups in total. The van der Waals surface area contributed by atoms with Gasteiger partial charge in [0.15, 0.2) is 32.0 Å². The minimum atomic E-state index is -0.384. The van der Waals surface area contributed by atoms with Crippen LogP contribution < -0.4 is 87.5 Å². The zero-order valence-corrected chi connectivity index (χ0v) is 76.3. The van der Waals surface area contributed by atoms with Crippen molar-refractivity contribution in [1.29, 1.82) is 0 Å². The first-order chi connectivity index (χ1) is 57.7. The summed E-state index contributed by atoms with van der Waals surface area (Å²) >= 11 is 27.2. The van der Waals surface area contributed by atoms with Crippen LogP contribution in [-0.2, 0) is 67.3 Å². The standard InChI is InChI=1S/C19H20FN3O2S.C17H25N3O2S.C15H21N3O2S.C14H19N3O2S.C12H14ClNO2.C12H14FNO2/c1-11-3-4-12-9-16(17(25-2)10-15(12)22-18(11)24)23-19(26)21-14-7-5-13(20)6-8-14;1-10-6-7-11-8-13(19-16(23)20-17(2,3)4)14(22-5)9-12(11)18-15(10)21;1-9-5-6-10-7-12(17-15(21)18(2)3)13(20-4)8-11(10)16-14(9)19;1-8-4-5-9-6-11(16-14(20)17(2)3)12(18)7-10(9)15-13(8)19;2*1-7-3-4-8-5-9(13)11(16-2)6-10(8)14-12(7)15/h5-11H,3-4H2,1-2H3,(H,22,24)(H2,21,23,26);8-10H,6-7H2,1-5H3,(H,18,21)(H2,19,20,23);7-9H,5-6H2,1-4H3,(H,16,19)(H,17,21);6-8,18H,4-5H2,1-3H3,(H,15,19)(H,16,20);2*5-7H,3-4H2,1-2H3,(H,14,15). The number of aryl methyl sites for hydroxylation is 6. The molecule has 6 unspecified atom stereocenters.